The minimum atomic E-state index is -0.280. The number of carbonyl (C=O) groups excluding carboxylic acids is 3. The minimum absolute atomic E-state index is 0.0266. The van der Waals surface area contributed by atoms with E-state index in [-0.39, 0.29) is 36.0 Å². The maximum atomic E-state index is 13.1. The fourth-order valence-electron chi connectivity index (χ4n) is 5.15. The number of piperidine rings is 1. The van der Waals surface area contributed by atoms with Crippen molar-refractivity contribution >= 4 is 23.4 Å². The number of unbranched alkanes of at least 4 members (excludes halogenated alkanes) is 1. The third-order valence-electron chi connectivity index (χ3n) is 7.11. The molecule has 1 aromatic rings. The molecule has 3 amide bonds. The van der Waals surface area contributed by atoms with Crippen molar-refractivity contribution in [3.63, 3.8) is 0 Å². The van der Waals surface area contributed by atoms with Crippen LogP contribution < -0.4 is 4.90 Å². The zero-order valence-corrected chi connectivity index (χ0v) is 18.7. The van der Waals surface area contributed by atoms with Crippen molar-refractivity contribution in [1.29, 1.82) is 0 Å². The van der Waals surface area contributed by atoms with Gasteiger partial charge >= 0.3 is 0 Å². The molecule has 1 aromatic carbocycles. The average Bonchev–Trinajstić information content (AvgIpc) is 3.47. The standard InChI is InChI=1S/C25H35N3O3/c1-2-3-6-19-7-9-22(10-8-19)28-18-21(17-23(28)29)25(31)27-15-11-20(12-16-27)24(30)26-13-4-5-14-26/h7-10,20-21H,2-6,11-18H2,1H3. The first kappa shape index (κ1) is 21.8. The topological polar surface area (TPSA) is 60.9 Å². The van der Waals surface area contributed by atoms with Crippen LogP contribution in [0.5, 0.6) is 0 Å². The third-order valence-corrected chi connectivity index (χ3v) is 7.11. The maximum Gasteiger partial charge on any atom is 0.228 e. The van der Waals surface area contributed by atoms with Gasteiger partial charge in [0.05, 0.1) is 5.92 Å². The van der Waals surface area contributed by atoms with Gasteiger partial charge in [0, 0.05) is 50.7 Å². The Morgan fingerprint density at radius 1 is 0.903 bits per heavy atom. The summed E-state index contributed by atoms with van der Waals surface area (Å²) in [6.07, 6.45) is 7.37. The van der Waals surface area contributed by atoms with E-state index < -0.39 is 0 Å². The highest BCUT2D eigenvalue weighted by atomic mass is 16.2. The van der Waals surface area contributed by atoms with E-state index in [1.54, 1.807) is 4.90 Å². The molecular weight excluding hydrogens is 390 g/mol. The Morgan fingerprint density at radius 3 is 2.16 bits per heavy atom. The lowest BCUT2D eigenvalue weighted by molar-refractivity contribution is -0.142. The second kappa shape index (κ2) is 9.84. The molecule has 31 heavy (non-hydrogen) atoms. The van der Waals surface area contributed by atoms with E-state index in [0.717, 1.165) is 50.9 Å². The molecule has 168 valence electrons. The number of amides is 3. The monoisotopic (exact) mass is 425 g/mol. The number of anilines is 1. The first-order chi connectivity index (χ1) is 15.1. The molecule has 0 saturated carbocycles. The molecule has 3 saturated heterocycles. The van der Waals surface area contributed by atoms with Crippen molar-refractivity contribution in [3.05, 3.63) is 29.8 Å². The number of hydrogen-bond acceptors (Lipinski definition) is 3. The summed E-state index contributed by atoms with van der Waals surface area (Å²) in [6, 6.07) is 8.20. The van der Waals surface area contributed by atoms with Crippen molar-refractivity contribution < 1.29 is 14.4 Å². The first-order valence-corrected chi connectivity index (χ1v) is 12.0. The van der Waals surface area contributed by atoms with Gasteiger partial charge in [0.15, 0.2) is 0 Å². The predicted octanol–water partition coefficient (Wildman–Crippen LogP) is 3.24. The molecule has 1 atom stereocenters. The number of nitrogens with zero attached hydrogens (tertiary/aromatic N) is 3. The number of benzene rings is 1. The number of likely N-dealkylation sites (tertiary alicyclic amines) is 2. The average molecular weight is 426 g/mol. The largest absolute Gasteiger partial charge is 0.342 e. The van der Waals surface area contributed by atoms with E-state index in [1.807, 2.05) is 21.9 Å². The number of carbonyl (C=O) groups is 3. The Labute approximate surface area is 185 Å². The highest BCUT2D eigenvalue weighted by Gasteiger charge is 2.39. The Kier molecular flexibility index (Phi) is 6.93. The Morgan fingerprint density at radius 2 is 1.52 bits per heavy atom. The van der Waals surface area contributed by atoms with Crippen LogP contribution in [0, 0.1) is 11.8 Å². The molecule has 3 heterocycles. The fourth-order valence-corrected chi connectivity index (χ4v) is 5.15. The van der Waals surface area contributed by atoms with Gasteiger partial charge in [0.25, 0.3) is 0 Å². The number of hydrogen-bond donors (Lipinski definition) is 0. The summed E-state index contributed by atoms with van der Waals surface area (Å²) in [5.74, 6) is 0.142. The molecule has 4 rings (SSSR count). The second-order valence-electron chi connectivity index (χ2n) is 9.31. The summed E-state index contributed by atoms with van der Waals surface area (Å²) in [7, 11) is 0. The molecule has 0 radical (unpaired) electrons. The molecule has 0 aliphatic carbocycles. The molecule has 3 aliphatic heterocycles. The molecule has 1 unspecified atom stereocenters. The Balaban J connectivity index is 1.30. The summed E-state index contributed by atoms with van der Waals surface area (Å²) in [4.78, 5) is 44.0. The normalized spacial score (nSPS) is 22.4. The van der Waals surface area contributed by atoms with Crippen LogP contribution in [0.1, 0.15) is 57.4 Å². The van der Waals surface area contributed by atoms with Gasteiger partial charge in [0.2, 0.25) is 17.7 Å². The molecule has 3 aliphatic rings. The summed E-state index contributed by atoms with van der Waals surface area (Å²) < 4.78 is 0. The highest BCUT2D eigenvalue weighted by molar-refractivity contribution is 6.00. The van der Waals surface area contributed by atoms with Gasteiger partial charge in [-0.2, -0.15) is 0 Å². The molecule has 6 nitrogen and oxygen atoms in total. The van der Waals surface area contributed by atoms with E-state index in [9.17, 15) is 14.4 Å². The van der Waals surface area contributed by atoms with Crippen LogP contribution in [0.2, 0.25) is 0 Å². The minimum Gasteiger partial charge on any atom is -0.342 e. The van der Waals surface area contributed by atoms with Crippen LogP contribution in [-0.4, -0.2) is 60.2 Å². The van der Waals surface area contributed by atoms with Gasteiger partial charge in [0.1, 0.15) is 0 Å². The molecular formula is C25H35N3O3. The van der Waals surface area contributed by atoms with Crippen LogP contribution in [-0.2, 0) is 20.8 Å². The quantitative estimate of drug-likeness (QED) is 0.703. The van der Waals surface area contributed by atoms with E-state index in [0.29, 0.717) is 19.6 Å². The van der Waals surface area contributed by atoms with Crippen molar-refractivity contribution in [2.45, 2.75) is 58.3 Å². The van der Waals surface area contributed by atoms with Gasteiger partial charge < -0.3 is 14.7 Å². The van der Waals surface area contributed by atoms with Gasteiger partial charge in [-0.1, -0.05) is 25.5 Å². The van der Waals surface area contributed by atoms with Crippen molar-refractivity contribution in [2.24, 2.45) is 11.8 Å². The van der Waals surface area contributed by atoms with E-state index in [4.69, 9.17) is 0 Å². The Hall–Kier alpha value is -2.37. The first-order valence-electron chi connectivity index (χ1n) is 12.0. The third kappa shape index (κ3) is 4.94. The molecule has 0 aromatic heterocycles. The van der Waals surface area contributed by atoms with Gasteiger partial charge in [-0.05, 0) is 56.2 Å². The van der Waals surface area contributed by atoms with E-state index >= 15 is 0 Å². The lowest BCUT2D eigenvalue weighted by atomic mass is 9.94. The smallest absolute Gasteiger partial charge is 0.228 e. The number of aryl methyl sites for hydroxylation is 1. The molecule has 0 bridgehead atoms. The van der Waals surface area contributed by atoms with E-state index in [2.05, 4.69) is 19.1 Å². The zero-order valence-electron chi connectivity index (χ0n) is 18.7. The van der Waals surface area contributed by atoms with Crippen LogP contribution >= 0.6 is 0 Å². The molecule has 0 spiro atoms. The predicted molar refractivity (Wildman–Crippen MR) is 121 cm³/mol. The molecule has 0 N–H and O–H groups in total. The highest BCUT2D eigenvalue weighted by Crippen LogP contribution is 2.29. The van der Waals surface area contributed by atoms with Crippen LogP contribution in [0.15, 0.2) is 24.3 Å². The lowest BCUT2D eigenvalue weighted by Crippen LogP contribution is -2.46. The SMILES string of the molecule is CCCCc1ccc(N2CC(C(=O)N3CCC(C(=O)N4CCCC4)CC3)CC2=O)cc1. The number of rotatable bonds is 6. The Bertz CT molecular complexity index is 793. The summed E-state index contributed by atoms with van der Waals surface area (Å²) in [5, 5.41) is 0. The van der Waals surface area contributed by atoms with Gasteiger partial charge in [-0.3, -0.25) is 14.4 Å². The lowest BCUT2D eigenvalue weighted by Gasteiger charge is -2.34. The molecule has 6 heteroatoms. The van der Waals surface area contributed by atoms with Gasteiger partial charge in [-0.15, -0.1) is 0 Å². The van der Waals surface area contributed by atoms with Crippen LogP contribution in [0.25, 0.3) is 0 Å². The van der Waals surface area contributed by atoms with Crippen LogP contribution in [0.4, 0.5) is 5.69 Å². The fraction of sp³-hybridized carbons (Fsp3) is 0.640. The van der Waals surface area contributed by atoms with Crippen molar-refractivity contribution in [2.75, 3.05) is 37.6 Å². The summed E-state index contributed by atoms with van der Waals surface area (Å²) >= 11 is 0. The molecule has 3 fully saturated rings. The van der Waals surface area contributed by atoms with E-state index in [1.165, 1.54) is 18.4 Å². The second-order valence-corrected chi connectivity index (χ2v) is 9.31. The van der Waals surface area contributed by atoms with Gasteiger partial charge in [-0.25, -0.2) is 0 Å². The maximum absolute atomic E-state index is 13.1. The van der Waals surface area contributed by atoms with Crippen molar-refractivity contribution in [1.82, 2.24) is 9.80 Å². The summed E-state index contributed by atoms with van der Waals surface area (Å²) in [5.41, 5.74) is 2.17. The van der Waals surface area contributed by atoms with Crippen molar-refractivity contribution in [3.8, 4) is 0 Å². The van der Waals surface area contributed by atoms with Crippen LogP contribution in [0.3, 0.4) is 0 Å². The zero-order chi connectivity index (χ0) is 21.8. The summed E-state index contributed by atoms with van der Waals surface area (Å²) in [6.45, 7) is 5.66.